The van der Waals surface area contributed by atoms with E-state index in [-0.39, 0.29) is 11.9 Å². The fraction of sp³-hybridized carbons (Fsp3) is 0.462. The maximum absolute atomic E-state index is 12.0. The first kappa shape index (κ1) is 12.6. The lowest BCUT2D eigenvalue weighted by Gasteiger charge is -2.13. The predicted octanol–water partition coefficient (Wildman–Crippen LogP) is 2.22. The van der Waals surface area contributed by atoms with Gasteiger partial charge in [-0.1, -0.05) is 22.0 Å². The number of hydrogen-bond donors (Lipinski definition) is 2. The van der Waals surface area contributed by atoms with E-state index in [0.717, 1.165) is 10.0 Å². The third-order valence-electron chi connectivity index (χ3n) is 3.24. The summed E-state index contributed by atoms with van der Waals surface area (Å²) < 4.78 is 0.955. The summed E-state index contributed by atoms with van der Waals surface area (Å²) in [6, 6.07) is 5.74. The third kappa shape index (κ3) is 3.07. The second-order valence-electron chi connectivity index (χ2n) is 4.62. The molecule has 1 unspecified atom stereocenters. The van der Waals surface area contributed by atoms with Crippen molar-refractivity contribution < 1.29 is 4.79 Å². The third-order valence-corrected chi connectivity index (χ3v) is 4.10. The molecule has 1 aliphatic rings. The molecule has 1 aliphatic carbocycles. The summed E-state index contributed by atoms with van der Waals surface area (Å²) in [6.45, 7) is 2.50. The van der Waals surface area contributed by atoms with Gasteiger partial charge in [-0.3, -0.25) is 4.79 Å². The molecule has 0 saturated heterocycles. The van der Waals surface area contributed by atoms with Crippen LogP contribution in [0.2, 0.25) is 0 Å². The molecule has 17 heavy (non-hydrogen) atoms. The monoisotopic (exact) mass is 296 g/mol. The van der Waals surface area contributed by atoms with Crippen LogP contribution in [-0.4, -0.2) is 18.5 Å². The Morgan fingerprint density at radius 3 is 2.94 bits per heavy atom. The lowest BCUT2D eigenvalue weighted by molar-refractivity contribution is 0.0949. The first-order valence-corrected chi connectivity index (χ1v) is 6.68. The number of nitrogens with one attached hydrogen (secondary N) is 1. The van der Waals surface area contributed by atoms with Gasteiger partial charge in [0.25, 0.3) is 5.91 Å². The van der Waals surface area contributed by atoms with Gasteiger partial charge in [-0.05, 0) is 43.4 Å². The number of nitrogens with two attached hydrogens (primary N) is 1. The van der Waals surface area contributed by atoms with E-state index in [1.165, 1.54) is 12.8 Å². The zero-order chi connectivity index (χ0) is 12.4. The molecular weight excluding hydrogens is 280 g/mol. The summed E-state index contributed by atoms with van der Waals surface area (Å²) in [5.41, 5.74) is 7.62. The molecule has 3 nitrogen and oxygen atoms in total. The van der Waals surface area contributed by atoms with Crippen LogP contribution in [0.1, 0.15) is 28.8 Å². The maximum Gasteiger partial charge on any atom is 0.251 e. The van der Waals surface area contributed by atoms with Gasteiger partial charge in [-0.15, -0.1) is 0 Å². The van der Waals surface area contributed by atoms with Crippen molar-refractivity contribution in [1.82, 2.24) is 5.32 Å². The van der Waals surface area contributed by atoms with Crippen LogP contribution < -0.4 is 11.1 Å². The summed E-state index contributed by atoms with van der Waals surface area (Å²) in [5, 5.41) is 2.90. The van der Waals surface area contributed by atoms with Gasteiger partial charge < -0.3 is 11.1 Å². The molecular formula is C13H17BrN2O. The van der Waals surface area contributed by atoms with Gasteiger partial charge in [0.1, 0.15) is 0 Å². The molecule has 0 aromatic heterocycles. The fourth-order valence-electron chi connectivity index (χ4n) is 1.85. The molecule has 0 bridgehead atoms. The van der Waals surface area contributed by atoms with Crippen molar-refractivity contribution in [2.75, 3.05) is 6.54 Å². The van der Waals surface area contributed by atoms with Crippen molar-refractivity contribution in [3.8, 4) is 0 Å². The SMILES string of the molecule is Cc1c(Br)cccc1C(=O)NCC(N)C1CC1. The van der Waals surface area contributed by atoms with Crippen molar-refractivity contribution in [1.29, 1.82) is 0 Å². The molecule has 0 radical (unpaired) electrons. The Kier molecular flexibility index (Phi) is 3.84. The number of rotatable bonds is 4. The molecule has 1 saturated carbocycles. The Hall–Kier alpha value is -0.870. The molecule has 1 atom stereocenters. The molecule has 1 fully saturated rings. The number of carbonyl (C=O) groups excluding carboxylic acids is 1. The minimum absolute atomic E-state index is 0.0418. The Balaban J connectivity index is 1.96. The van der Waals surface area contributed by atoms with Crippen LogP contribution in [0.4, 0.5) is 0 Å². The lowest BCUT2D eigenvalue weighted by atomic mass is 10.1. The number of carbonyl (C=O) groups is 1. The molecule has 1 amide bonds. The molecule has 1 aromatic rings. The maximum atomic E-state index is 12.0. The summed E-state index contributed by atoms with van der Waals surface area (Å²) in [5.74, 6) is 0.568. The van der Waals surface area contributed by atoms with Gasteiger partial charge in [0.2, 0.25) is 0 Å². The lowest BCUT2D eigenvalue weighted by Crippen LogP contribution is -2.38. The van der Waals surface area contributed by atoms with E-state index >= 15 is 0 Å². The van der Waals surface area contributed by atoms with Crippen molar-refractivity contribution >= 4 is 21.8 Å². The number of benzene rings is 1. The topological polar surface area (TPSA) is 55.1 Å². The van der Waals surface area contributed by atoms with E-state index in [0.29, 0.717) is 18.0 Å². The van der Waals surface area contributed by atoms with Crippen LogP contribution in [-0.2, 0) is 0 Å². The van der Waals surface area contributed by atoms with Crippen LogP contribution in [0.5, 0.6) is 0 Å². The highest BCUT2D eigenvalue weighted by Crippen LogP contribution is 2.31. The molecule has 0 heterocycles. The van der Waals surface area contributed by atoms with Gasteiger partial charge in [-0.2, -0.15) is 0 Å². The molecule has 1 aromatic carbocycles. The Bertz CT molecular complexity index is 429. The smallest absolute Gasteiger partial charge is 0.251 e. The fourth-order valence-corrected chi connectivity index (χ4v) is 2.22. The average molecular weight is 297 g/mol. The largest absolute Gasteiger partial charge is 0.350 e. The quantitative estimate of drug-likeness (QED) is 0.895. The molecule has 0 aliphatic heterocycles. The van der Waals surface area contributed by atoms with E-state index in [1.54, 1.807) is 0 Å². The molecule has 92 valence electrons. The minimum Gasteiger partial charge on any atom is -0.350 e. The standard InChI is InChI=1S/C13H17BrN2O/c1-8-10(3-2-4-11(8)14)13(17)16-7-12(15)9-5-6-9/h2-4,9,12H,5-7,15H2,1H3,(H,16,17). The summed E-state index contributed by atoms with van der Waals surface area (Å²) in [6.07, 6.45) is 2.40. The van der Waals surface area contributed by atoms with Gasteiger partial charge in [-0.25, -0.2) is 0 Å². The van der Waals surface area contributed by atoms with Crippen molar-refractivity contribution in [2.45, 2.75) is 25.8 Å². The van der Waals surface area contributed by atoms with Gasteiger partial charge in [0.05, 0.1) is 0 Å². The van der Waals surface area contributed by atoms with Crippen LogP contribution >= 0.6 is 15.9 Å². The van der Waals surface area contributed by atoms with E-state index in [1.807, 2.05) is 25.1 Å². The van der Waals surface area contributed by atoms with Gasteiger partial charge >= 0.3 is 0 Å². The molecule has 3 N–H and O–H groups in total. The normalized spacial score (nSPS) is 16.6. The zero-order valence-electron chi connectivity index (χ0n) is 9.87. The zero-order valence-corrected chi connectivity index (χ0v) is 11.5. The van der Waals surface area contributed by atoms with Crippen LogP contribution in [0.15, 0.2) is 22.7 Å². The highest BCUT2D eigenvalue weighted by Gasteiger charge is 2.28. The second kappa shape index (κ2) is 5.19. The van der Waals surface area contributed by atoms with E-state index < -0.39 is 0 Å². The first-order valence-electron chi connectivity index (χ1n) is 5.88. The van der Waals surface area contributed by atoms with Crippen LogP contribution in [0.25, 0.3) is 0 Å². The Morgan fingerprint density at radius 2 is 2.29 bits per heavy atom. The average Bonchev–Trinajstić information content (AvgIpc) is 3.13. The highest BCUT2D eigenvalue weighted by atomic mass is 79.9. The van der Waals surface area contributed by atoms with Gasteiger partial charge in [0, 0.05) is 22.6 Å². The summed E-state index contributed by atoms with van der Waals surface area (Å²) >= 11 is 3.42. The van der Waals surface area contributed by atoms with Crippen LogP contribution in [0.3, 0.4) is 0 Å². The second-order valence-corrected chi connectivity index (χ2v) is 5.48. The molecule has 2 rings (SSSR count). The Labute approximate surface area is 110 Å². The number of amides is 1. The van der Waals surface area contributed by atoms with Crippen molar-refractivity contribution in [3.63, 3.8) is 0 Å². The van der Waals surface area contributed by atoms with Gasteiger partial charge in [0.15, 0.2) is 0 Å². The Morgan fingerprint density at radius 1 is 1.59 bits per heavy atom. The van der Waals surface area contributed by atoms with Crippen molar-refractivity contribution in [3.05, 3.63) is 33.8 Å². The van der Waals surface area contributed by atoms with Crippen molar-refractivity contribution in [2.24, 2.45) is 11.7 Å². The predicted molar refractivity (Wildman–Crippen MR) is 71.9 cm³/mol. The molecule has 4 heteroatoms. The van der Waals surface area contributed by atoms with E-state index in [4.69, 9.17) is 5.73 Å². The summed E-state index contributed by atoms with van der Waals surface area (Å²) in [7, 11) is 0. The first-order chi connectivity index (χ1) is 8.09. The minimum atomic E-state index is -0.0418. The van der Waals surface area contributed by atoms with E-state index in [9.17, 15) is 4.79 Å². The molecule has 0 spiro atoms. The number of hydrogen-bond acceptors (Lipinski definition) is 2. The summed E-state index contributed by atoms with van der Waals surface area (Å²) in [4.78, 5) is 12.0. The number of halogens is 1. The van der Waals surface area contributed by atoms with Crippen LogP contribution in [0, 0.1) is 12.8 Å². The van der Waals surface area contributed by atoms with E-state index in [2.05, 4.69) is 21.2 Å². The highest BCUT2D eigenvalue weighted by molar-refractivity contribution is 9.10.